The summed E-state index contributed by atoms with van der Waals surface area (Å²) in [6, 6.07) is 5.14. The zero-order valence-electron chi connectivity index (χ0n) is 13.3. The number of aryl methyl sites for hydroxylation is 1. The highest BCUT2D eigenvalue weighted by atomic mass is 16.5. The molecule has 3 rings (SSSR count). The van der Waals surface area contributed by atoms with Crippen LogP contribution in [0, 0.1) is 6.92 Å². The third-order valence-electron chi connectivity index (χ3n) is 3.97. The average Bonchev–Trinajstić information content (AvgIpc) is 2.98. The van der Waals surface area contributed by atoms with Crippen LogP contribution in [0.3, 0.4) is 0 Å². The van der Waals surface area contributed by atoms with E-state index in [0.29, 0.717) is 32.0 Å². The number of carbonyl (C=O) groups is 2. The molecule has 0 saturated carbocycles. The highest BCUT2D eigenvalue weighted by molar-refractivity contribution is 6.06. The predicted molar refractivity (Wildman–Crippen MR) is 85.2 cm³/mol. The number of aromatic amines is 1. The van der Waals surface area contributed by atoms with Gasteiger partial charge in [0.25, 0.3) is 5.91 Å². The molecule has 1 aliphatic rings. The number of aromatic nitrogens is 2. The fourth-order valence-corrected chi connectivity index (χ4v) is 2.69. The van der Waals surface area contributed by atoms with Gasteiger partial charge in [-0.25, -0.2) is 0 Å². The van der Waals surface area contributed by atoms with Gasteiger partial charge in [0.15, 0.2) is 5.69 Å². The number of hydrogen-bond donors (Lipinski definition) is 2. The number of amides is 2. The Bertz CT molecular complexity index is 734. The van der Waals surface area contributed by atoms with Gasteiger partial charge in [0.2, 0.25) is 5.91 Å². The molecule has 23 heavy (non-hydrogen) atoms. The Morgan fingerprint density at radius 2 is 2.09 bits per heavy atom. The molecule has 0 aliphatic carbocycles. The Morgan fingerprint density at radius 1 is 1.35 bits per heavy atom. The second-order valence-corrected chi connectivity index (χ2v) is 5.75. The molecule has 0 spiro atoms. The Balaban J connectivity index is 1.72. The number of nitrogens with zero attached hydrogens (tertiary/aromatic N) is 2. The molecule has 2 aromatic rings. The lowest BCUT2D eigenvalue weighted by Gasteiger charge is -2.29. The van der Waals surface area contributed by atoms with Crippen LogP contribution in [0.4, 0.5) is 0 Å². The van der Waals surface area contributed by atoms with Crippen LogP contribution in [-0.4, -0.2) is 59.3 Å². The monoisotopic (exact) mass is 316 g/mol. The molecular weight excluding hydrogens is 296 g/mol. The summed E-state index contributed by atoms with van der Waals surface area (Å²) in [6.45, 7) is 5.84. The van der Waals surface area contributed by atoms with Crippen LogP contribution in [0.2, 0.25) is 0 Å². The van der Waals surface area contributed by atoms with E-state index in [9.17, 15) is 9.59 Å². The summed E-state index contributed by atoms with van der Waals surface area (Å²) in [6.07, 6.45) is 0. The molecule has 7 heteroatoms. The summed E-state index contributed by atoms with van der Waals surface area (Å²) in [7, 11) is 0. The molecular formula is C16H20N4O3. The number of fused-ring (bicyclic) bond motifs is 1. The lowest BCUT2D eigenvalue weighted by atomic mass is 10.1. The van der Waals surface area contributed by atoms with Crippen molar-refractivity contribution < 1.29 is 14.3 Å². The minimum Gasteiger partial charge on any atom is -0.378 e. The molecule has 1 unspecified atom stereocenters. The second-order valence-electron chi connectivity index (χ2n) is 5.75. The van der Waals surface area contributed by atoms with Gasteiger partial charge in [-0.2, -0.15) is 5.10 Å². The molecule has 1 aromatic carbocycles. The maximum Gasteiger partial charge on any atom is 0.273 e. The van der Waals surface area contributed by atoms with Crippen molar-refractivity contribution in [3.05, 3.63) is 29.5 Å². The number of rotatable bonds is 3. The molecule has 1 aliphatic heterocycles. The lowest BCUT2D eigenvalue weighted by molar-refractivity contribution is -0.136. The summed E-state index contributed by atoms with van der Waals surface area (Å²) in [4.78, 5) is 26.5. The smallest absolute Gasteiger partial charge is 0.273 e. The summed E-state index contributed by atoms with van der Waals surface area (Å²) in [5, 5.41) is 10.4. The minimum absolute atomic E-state index is 0.0994. The van der Waals surface area contributed by atoms with E-state index in [2.05, 4.69) is 15.5 Å². The van der Waals surface area contributed by atoms with Crippen molar-refractivity contribution in [3.63, 3.8) is 0 Å². The SMILES string of the molecule is Cc1ccc2[nH]nc(C(=O)NC(C)C(=O)N3CCOCC3)c2c1. The van der Waals surface area contributed by atoms with Gasteiger partial charge < -0.3 is 15.0 Å². The molecule has 1 fully saturated rings. The Hall–Kier alpha value is -2.41. The van der Waals surface area contributed by atoms with E-state index in [1.165, 1.54) is 0 Å². The second kappa shape index (κ2) is 6.37. The first-order chi connectivity index (χ1) is 11.1. The molecule has 1 saturated heterocycles. The number of hydrogen-bond acceptors (Lipinski definition) is 4. The van der Waals surface area contributed by atoms with Crippen LogP contribution in [0.1, 0.15) is 23.0 Å². The molecule has 7 nitrogen and oxygen atoms in total. The van der Waals surface area contributed by atoms with Crippen molar-refractivity contribution in [2.75, 3.05) is 26.3 Å². The highest BCUT2D eigenvalue weighted by Crippen LogP contribution is 2.17. The number of carbonyl (C=O) groups excluding carboxylic acids is 2. The van der Waals surface area contributed by atoms with Gasteiger partial charge in [0.1, 0.15) is 6.04 Å². The summed E-state index contributed by atoms with van der Waals surface area (Å²) in [5.41, 5.74) is 2.16. The first-order valence-corrected chi connectivity index (χ1v) is 7.68. The van der Waals surface area contributed by atoms with Crippen molar-refractivity contribution in [3.8, 4) is 0 Å². The van der Waals surface area contributed by atoms with Gasteiger partial charge in [-0.3, -0.25) is 14.7 Å². The van der Waals surface area contributed by atoms with Crippen LogP contribution in [-0.2, 0) is 9.53 Å². The predicted octanol–water partition coefficient (Wildman–Crippen LogP) is 0.848. The third-order valence-corrected chi connectivity index (χ3v) is 3.97. The highest BCUT2D eigenvalue weighted by Gasteiger charge is 2.25. The topological polar surface area (TPSA) is 87.3 Å². The summed E-state index contributed by atoms with van der Waals surface area (Å²) >= 11 is 0. The van der Waals surface area contributed by atoms with Crippen molar-refractivity contribution in [2.24, 2.45) is 0 Å². The van der Waals surface area contributed by atoms with E-state index in [1.54, 1.807) is 11.8 Å². The van der Waals surface area contributed by atoms with Crippen molar-refractivity contribution in [1.82, 2.24) is 20.4 Å². The quantitative estimate of drug-likeness (QED) is 0.879. The molecule has 1 aromatic heterocycles. The third kappa shape index (κ3) is 3.19. The zero-order valence-corrected chi connectivity index (χ0v) is 13.3. The normalized spacial score (nSPS) is 16.3. The van der Waals surface area contributed by atoms with Gasteiger partial charge >= 0.3 is 0 Å². The molecule has 2 N–H and O–H groups in total. The van der Waals surface area contributed by atoms with Gasteiger partial charge in [0, 0.05) is 18.5 Å². The first kappa shape index (κ1) is 15.5. The van der Waals surface area contributed by atoms with Crippen LogP contribution in [0.25, 0.3) is 10.9 Å². The molecule has 2 heterocycles. The van der Waals surface area contributed by atoms with Gasteiger partial charge in [-0.05, 0) is 26.0 Å². The van der Waals surface area contributed by atoms with E-state index >= 15 is 0 Å². The summed E-state index contributed by atoms with van der Waals surface area (Å²) in [5.74, 6) is -0.450. The standard InChI is InChI=1S/C16H20N4O3/c1-10-3-4-13-12(9-10)14(19-18-13)15(21)17-11(2)16(22)20-5-7-23-8-6-20/h3-4,9,11H,5-8H2,1-2H3,(H,17,21)(H,18,19). The maximum atomic E-state index is 12.4. The number of H-pyrrole nitrogens is 1. The van der Waals surface area contributed by atoms with Crippen LogP contribution < -0.4 is 5.32 Å². The number of benzene rings is 1. The molecule has 0 bridgehead atoms. The average molecular weight is 316 g/mol. The maximum absolute atomic E-state index is 12.4. The van der Waals surface area contributed by atoms with Gasteiger partial charge in [-0.15, -0.1) is 0 Å². The van der Waals surface area contributed by atoms with E-state index in [-0.39, 0.29) is 11.8 Å². The number of ether oxygens (including phenoxy) is 1. The van der Waals surface area contributed by atoms with E-state index in [4.69, 9.17) is 4.74 Å². The van der Waals surface area contributed by atoms with Crippen LogP contribution in [0.5, 0.6) is 0 Å². The zero-order chi connectivity index (χ0) is 16.4. The Kier molecular flexibility index (Phi) is 4.29. The van der Waals surface area contributed by atoms with Crippen LogP contribution in [0.15, 0.2) is 18.2 Å². The van der Waals surface area contributed by atoms with Crippen molar-refractivity contribution in [2.45, 2.75) is 19.9 Å². The van der Waals surface area contributed by atoms with E-state index in [0.717, 1.165) is 16.5 Å². The Morgan fingerprint density at radius 3 is 2.83 bits per heavy atom. The Labute approximate surface area is 134 Å². The van der Waals surface area contributed by atoms with Gasteiger partial charge in [-0.1, -0.05) is 11.6 Å². The van der Waals surface area contributed by atoms with Crippen LogP contribution >= 0.6 is 0 Å². The lowest BCUT2D eigenvalue weighted by Crippen LogP contribution is -2.50. The van der Waals surface area contributed by atoms with Crippen molar-refractivity contribution >= 4 is 22.7 Å². The van der Waals surface area contributed by atoms with Gasteiger partial charge in [0.05, 0.1) is 18.7 Å². The molecule has 1 atom stereocenters. The first-order valence-electron chi connectivity index (χ1n) is 7.68. The minimum atomic E-state index is -0.600. The molecule has 122 valence electrons. The molecule has 2 amide bonds. The largest absolute Gasteiger partial charge is 0.378 e. The fourth-order valence-electron chi connectivity index (χ4n) is 2.69. The van der Waals surface area contributed by atoms with Crippen molar-refractivity contribution in [1.29, 1.82) is 0 Å². The van der Waals surface area contributed by atoms with E-state index in [1.807, 2.05) is 25.1 Å². The number of morpholine rings is 1. The summed E-state index contributed by atoms with van der Waals surface area (Å²) < 4.78 is 5.23. The number of nitrogens with one attached hydrogen (secondary N) is 2. The molecule has 0 radical (unpaired) electrons. The fraction of sp³-hybridized carbons (Fsp3) is 0.438. The van der Waals surface area contributed by atoms with E-state index < -0.39 is 6.04 Å².